The van der Waals surface area contributed by atoms with Crippen LogP contribution in [0, 0.1) is 13.8 Å². The highest BCUT2D eigenvalue weighted by molar-refractivity contribution is 5.88. The summed E-state index contributed by atoms with van der Waals surface area (Å²) in [5.74, 6) is -0.922. The van der Waals surface area contributed by atoms with Crippen molar-refractivity contribution in [1.29, 1.82) is 0 Å². The zero-order chi connectivity index (χ0) is 11.7. The van der Waals surface area contributed by atoms with E-state index in [1.165, 1.54) is 0 Å². The monoisotopic (exact) mass is 216 g/mol. The summed E-state index contributed by atoms with van der Waals surface area (Å²) in [6.45, 7) is 3.76. The van der Waals surface area contributed by atoms with Gasteiger partial charge in [0.25, 0.3) is 0 Å². The molecule has 0 aliphatic heterocycles. The molecule has 0 aliphatic carbocycles. The van der Waals surface area contributed by atoms with E-state index in [4.69, 9.17) is 5.11 Å². The highest BCUT2D eigenvalue weighted by Gasteiger charge is 2.07. The molecule has 1 aromatic heterocycles. The lowest BCUT2D eigenvalue weighted by Crippen LogP contribution is -2.01. The predicted molar refractivity (Wildman–Crippen MR) is 60.0 cm³/mol. The molecule has 0 saturated heterocycles. The molecule has 0 spiro atoms. The summed E-state index contributed by atoms with van der Waals surface area (Å²) in [6.07, 6.45) is 1.82. The second-order valence-corrected chi connectivity index (χ2v) is 3.76. The SMILES string of the molecule is Cc1cc(C(=O)O)cc(-n2ccc(C)n2)c1. The minimum atomic E-state index is -0.922. The van der Waals surface area contributed by atoms with Gasteiger partial charge >= 0.3 is 5.97 Å². The number of aryl methyl sites for hydroxylation is 2. The van der Waals surface area contributed by atoms with Crippen LogP contribution in [-0.4, -0.2) is 20.9 Å². The van der Waals surface area contributed by atoms with Crippen LogP contribution in [0.5, 0.6) is 0 Å². The molecule has 0 amide bonds. The molecular formula is C12H12N2O2. The molecule has 2 aromatic rings. The average molecular weight is 216 g/mol. The number of hydrogen-bond donors (Lipinski definition) is 1. The summed E-state index contributed by atoms with van der Waals surface area (Å²) in [6, 6.07) is 7.03. The summed E-state index contributed by atoms with van der Waals surface area (Å²) < 4.78 is 1.68. The van der Waals surface area contributed by atoms with Crippen molar-refractivity contribution in [2.24, 2.45) is 0 Å². The third-order valence-corrected chi connectivity index (χ3v) is 2.30. The maximum absolute atomic E-state index is 10.9. The zero-order valence-electron chi connectivity index (χ0n) is 9.14. The second-order valence-electron chi connectivity index (χ2n) is 3.76. The molecule has 1 aromatic carbocycles. The molecule has 82 valence electrons. The quantitative estimate of drug-likeness (QED) is 0.837. The van der Waals surface area contributed by atoms with Crippen LogP contribution in [0.3, 0.4) is 0 Å². The highest BCUT2D eigenvalue weighted by atomic mass is 16.4. The summed E-state index contributed by atoms with van der Waals surface area (Å²) in [5.41, 5.74) is 2.86. The van der Waals surface area contributed by atoms with Crippen LogP contribution >= 0.6 is 0 Å². The summed E-state index contributed by atoms with van der Waals surface area (Å²) >= 11 is 0. The number of carboxylic acid groups (broad SMARTS) is 1. The molecular weight excluding hydrogens is 204 g/mol. The molecule has 1 heterocycles. The van der Waals surface area contributed by atoms with Crippen molar-refractivity contribution in [2.45, 2.75) is 13.8 Å². The van der Waals surface area contributed by atoms with Crippen molar-refractivity contribution >= 4 is 5.97 Å². The van der Waals surface area contributed by atoms with Gasteiger partial charge < -0.3 is 5.11 Å². The number of benzene rings is 1. The van der Waals surface area contributed by atoms with E-state index in [0.717, 1.165) is 16.9 Å². The number of aromatic carboxylic acids is 1. The fraction of sp³-hybridized carbons (Fsp3) is 0.167. The van der Waals surface area contributed by atoms with Gasteiger partial charge in [-0.15, -0.1) is 0 Å². The topological polar surface area (TPSA) is 55.1 Å². The van der Waals surface area contributed by atoms with Crippen LogP contribution in [0.15, 0.2) is 30.5 Å². The van der Waals surface area contributed by atoms with E-state index in [1.54, 1.807) is 16.8 Å². The minimum Gasteiger partial charge on any atom is -0.478 e. The normalized spacial score (nSPS) is 10.4. The Morgan fingerprint density at radius 2 is 2.06 bits per heavy atom. The summed E-state index contributed by atoms with van der Waals surface area (Å²) in [5, 5.41) is 13.2. The van der Waals surface area contributed by atoms with Crippen LogP contribution in [-0.2, 0) is 0 Å². The average Bonchev–Trinajstić information content (AvgIpc) is 2.64. The van der Waals surface area contributed by atoms with Gasteiger partial charge in [0.1, 0.15) is 0 Å². The number of carboxylic acids is 1. The van der Waals surface area contributed by atoms with Gasteiger partial charge in [-0.2, -0.15) is 5.10 Å². The van der Waals surface area contributed by atoms with E-state index in [9.17, 15) is 4.79 Å². The van der Waals surface area contributed by atoms with Gasteiger partial charge in [0.05, 0.1) is 16.9 Å². The van der Waals surface area contributed by atoms with E-state index in [1.807, 2.05) is 32.2 Å². The predicted octanol–water partition coefficient (Wildman–Crippen LogP) is 2.19. The first kappa shape index (κ1) is 10.4. The minimum absolute atomic E-state index is 0.281. The highest BCUT2D eigenvalue weighted by Crippen LogP contribution is 2.14. The van der Waals surface area contributed by atoms with Gasteiger partial charge in [0.2, 0.25) is 0 Å². The third-order valence-electron chi connectivity index (χ3n) is 2.30. The molecule has 0 unspecified atom stereocenters. The number of nitrogens with zero attached hydrogens (tertiary/aromatic N) is 2. The molecule has 4 heteroatoms. The van der Waals surface area contributed by atoms with E-state index in [0.29, 0.717) is 0 Å². The van der Waals surface area contributed by atoms with Gasteiger partial charge in [-0.05, 0) is 43.7 Å². The maximum atomic E-state index is 10.9. The van der Waals surface area contributed by atoms with Crippen LogP contribution in [0.2, 0.25) is 0 Å². The third kappa shape index (κ3) is 1.95. The number of aromatic nitrogens is 2. The summed E-state index contributed by atoms with van der Waals surface area (Å²) in [7, 11) is 0. The molecule has 0 bridgehead atoms. The van der Waals surface area contributed by atoms with Crippen molar-refractivity contribution < 1.29 is 9.90 Å². The standard InChI is InChI=1S/C12H12N2O2/c1-8-5-10(12(15)16)7-11(6-8)14-4-3-9(2)13-14/h3-7H,1-2H3,(H,15,16). The smallest absolute Gasteiger partial charge is 0.335 e. The second kappa shape index (κ2) is 3.81. The Bertz CT molecular complexity index is 544. The van der Waals surface area contributed by atoms with Gasteiger partial charge in [-0.1, -0.05) is 0 Å². The Balaban J connectivity index is 2.53. The number of hydrogen-bond acceptors (Lipinski definition) is 2. The Kier molecular flexibility index (Phi) is 2.48. The van der Waals surface area contributed by atoms with Crippen LogP contribution in [0.4, 0.5) is 0 Å². The lowest BCUT2D eigenvalue weighted by atomic mass is 10.1. The largest absolute Gasteiger partial charge is 0.478 e. The van der Waals surface area contributed by atoms with Crippen LogP contribution < -0.4 is 0 Å². The fourth-order valence-electron chi connectivity index (χ4n) is 1.58. The molecule has 4 nitrogen and oxygen atoms in total. The van der Waals surface area contributed by atoms with E-state index in [2.05, 4.69) is 5.10 Å². The lowest BCUT2D eigenvalue weighted by Gasteiger charge is -2.04. The van der Waals surface area contributed by atoms with E-state index >= 15 is 0 Å². The van der Waals surface area contributed by atoms with E-state index in [-0.39, 0.29) is 5.56 Å². The zero-order valence-corrected chi connectivity index (χ0v) is 9.14. The Labute approximate surface area is 93.1 Å². The van der Waals surface area contributed by atoms with Gasteiger partial charge in [-0.3, -0.25) is 0 Å². The molecule has 1 N–H and O–H groups in total. The first-order valence-electron chi connectivity index (χ1n) is 4.94. The molecule has 0 fully saturated rings. The van der Waals surface area contributed by atoms with E-state index < -0.39 is 5.97 Å². The Morgan fingerprint density at radius 1 is 1.31 bits per heavy atom. The number of carbonyl (C=O) groups is 1. The lowest BCUT2D eigenvalue weighted by molar-refractivity contribution is 0.0696. The molecule has 0 radical (unpaired) electrons. The van der Waals surface area contributed by atoms with Crippen LogP contribution in [0.25, 0.3) is 5.69 Å². The number of rotatable bonds is 2. The molecule has 0 saturated carbocycles. The van der Waals surface area contributed by atoms with Gasteiger partial charge in [0.15, 0.2) is 0 Å². The van der Waals surface area contributed by atoms with Crippen LogP contribution in [0.1, 0.15) is 21.6 Å². The first-order valence-corrected chi connectivity index (χ1v) is 4.94. The molecule has 0 aliphatic rings. The Morgan fingerprint density at radius 3 is 2.62 bits per heavy atom. The maximum Gasteiger partial charge on any atom is 0.335 e. The van der Waals surface area contributed by atoms with Crippen molar-refractivity contribution in [2.75, 3.05) is 0 Å². The molecule has 16 heavy (non-hydrogen) atoms. The van der Waals surface area contributed by atoms with Crippen molar-refractivity contribution in [3.05, 3.63) is 47.3 Å². The van der Waals surface area contributed by atoms with Crippen molar-refractivity contribution in [1.82, 2.24) is 9.78 Å². The molecule has 2 rings (SSSR count). The van der Waals surface area contributed by atoms with Crippen molar-refractivity contribution in [3.8, 4) is 5.69 Å². The summed E-state index contributed by atoms with van der Waals surface area (Å²) in [4.78, 5) is 10.9. The van der Waals surface area contributed by atoms with Gasteiger partial charge in [0, 0.05) is 6.20 Å². The van der Waals surface area contributed by atoms with Gasteiger partial charge in [-0.25, -0.2) is 9.48 Å². The fourth-order valence-corrected chi connectivity index (χ4v) is 1.58. The molecule has 0 atom stereocenters. The first-order chi connectivity index (χ1) is 7.56. The van der Waals surface area contributed by atoms with Crippen molar-refractivity contribution in [3.63, 3.8) is 0 Å². The Hall–Kier alpha value is -2.10.